The number of amides is 1. The summed E-state index contributed by atoms with van der Waals surface area (Å²) in [6.07, 6.45) is 1.42. The second-order valence-corrected chi connectivity index (χ2v) is 3.69. The van der Waals surface area contributed by atoms with E-state index in [1.54, 1.807) is 0 Å². The van der Waals surface area contributed by atoms with E-state index in [1.807, 2.05) is 19.9 Å². The number of aryl methyl sites for hydroxylation is 2. The van der Waals surface area contributed by atoms with E-state index in [9.17, 15) is 4.79 Å². The molecule has 0 aliphatic carbocycles. The van der Waals surface area contributed by atoms with Crippen molar-refractivity contribution >= 4 is 11.7 Å². The van der Waals surface area contributed by atoms with Crippen molar-refractivity contribution in [3.8, 4) is 5.95 Å². The Morgan fingerprint density at radius 3 is 2.35 bits per heavy atom. The van der Waals surface area contributed by atoms with Gasteiger partial charge in [0.15, 0.2) is 5.82 Å². The minimum Gasteiger partial charge on any atom is -0.382 e. The van der Waals surface area contributed by atoms with Gasteiger partial charge in [-0.2, -0.15) is 0 Å². The van der Waals surface area contributed by atoms with E-state index >= 15 is 0 Å². The number of nitrogen functional groups attached to an aromatic ring is 1. The van der Waals surface area contributed by atoms with E-state index in [-0.39, 0.29) is 11.4 Å². The van der Waals surface area contributed by atoms with Crippen LogP contribution in [0.25, 0.3) is 5.95 Å². The number of anilines is 1. The van der Waals surface area contributed by atoms with Crippen molar-refractivity contribution in [2.45, 2.75) is 13.8 Å². The van der Waals surface area contributed by atoms with E-state index in [0.29, 0.717) is 5.95 Å². The lowest BCUT2D eigenvalue weighted by atomic mass is 10.3. The number of carbonyl (C=O) groups excluding carboxylic acids is 1. The van der Waals surface area contributed by atoms with Gasteiger partial charge in [0.1, 0.15) is 5.56 Å². The van der Waals surface area contributed by atoms with Gasteiger partial charge in [-0.25, -0.2) is 14.6 Å². The lowest BCUT2D eigenvalue weighted by Crippen LogP contribution is -2.11. The molecule has 0 atom stereocenters. The molecule has 0 aliphatic rings. The van der Waals surface area contributed by atoms with Crippen molar-refractivity contribution in [1.29, 1.82) is 0 Å². The highest BCUT2D eigenvalue weighted by molar-refractivity contribution is 5.96. The third kappa shape index (κ3) is 2.07. The average molecular weight is 232 g/mol. The quantitative estimate of drug-likeness (QED) is 0.754. The predicted octanol–water partition coefficient (Wildman–Crippen LogP) is -0.0398. The zero-order valence-electron chi connectivity index (χ0n) is 9.51. The molecule has 7 nitrogen and oxygen atoms in total. The fraction of sp³-hybridized carbons (Fsp3) is 0.200. The van der Waals surface area contributed by atoms with Crippen LogP contribution in [0.4, 0.5) is 5.82 Å². The second-order valence-electron chi connectivity index (χ2n) is 3.69. The maximum absolute atomic E-state index is 11.0. The molecule has 2 aromatic rings. The molecule has 4 N–H and O–H groups in total. The molecule has 0 unspecified atom stereocenters. The van der Waals surface area contributed by atoms with Gasteiger partial charge >= 0.3 is 0 Å². The summed E-state index contributed by atoms with van der Waals surface area (Å²) in [6, 6.07) is 1.84. The molecule has 0 aliphatic heterocycles. The number of carbonyl (C=O) groups is 1. The summed E-state index contributed by atoms with van der Waals surface area (Å²) in [4.78, 5) is 19.4. The van der Waals surface area contributed by atoms with Crippen molar-refractivity contribution in [3.05, 3.63) is 29.2 Å². The predicted molar refractivity (Wildman–Crippen MR) is 61.6 cm³/mol. The maximum atomic E-state index is 11.0. The van der Waals surface area contributed by atoms with Crippen LogP contribution in [-0.4, -0.2) is 25.7 Å². The Bertz CT molecular complexity index is 568. The second kappa shape index (κ2) is 3.85. The SMILES string of the molecule is Cc1cc(C)nc(-n2cc(C(N)=O)c(N)n2)n1. The smallest absolute Gasteiger partial charge is 0.254 e. The largest absolute Gasteiger partial charge is 0.382 e. The number of hydrogen-bond acceptors (Lipinski definition) is 5. The highest BCUT2D eigenvalue weighted by Gasteiger charge is 2.13. The Kier molecular flexibility index (Phi) is 2.51. The normalized spacial score (nSPS) is 10.5. The molecule has 0 fully saturated rings. The average Bonchev–Trinajstić information content (AvgIpc) is 2.59. The topological polar surface area (TPSA) is 113 Å². The lowest BCUT2D eigenvalue weighted by molar-refractivity contribution is 0.100. The van der Waals surface area contributed by atoms with E-state index < -0.39 is 5.91 Å². The fourth-order valence-corrected chi connectivity index (χ4v) is 1.49. The van der Waals surface area contributed by atoms with Gasteiger partial charge in [-0.3, -0.25) is 4.79 Å². The standard InChI is InChI=1S/C10H12N6O/c1-5-3-6(2)14-10(13-5)16-4-7(9(12)17)8(11)15-16/h3-4H,1-2H3,(H2,11,15)(H2,12,17). The van der Waals surface area contributed by atoms with Crippen molar-refractivity contribution < 1.29 is 4.79 Å². The van der Waals surface area contributed by atoms with Crippen LogP contribution in [0, 0.1) is 13.8 Å². The molecule has 0 saturated heterocycles. The lowest BCUT2D eigenvalue weighted by Gasteiger charge is -2.01. The van der Waals surface area contributed by atoms with Gasteiger partial charge in [-0.05, 0) is 19.9 Å². The zero-order chi connectivity index (χ0) is 12.6. The Balaban J connectivity index is 2.53. The number of rotatable bonds is 2. The van der Waals surface area contributed by atoms with Crippen LogP contribution in [0.1, 0.15) is 21.7 Å². The van der Waals surface area contributed by atoms with Crippen LogP contribution in [0.5, 0.6) is 0 Å². The van der Waals surface area contributed by atoms with Crippen LogP contribution in [0.15, 0.2) is 12.3 Å². The van der Waals surface area contributed by atoms with Crippen LogP contribution < -0.4 is 11.5 Å². The van der Waals surface area contributed by atoms with Gasteiger partial charge < -0.3 is 11.5 Å². The minimum atomic E-state index is -0.627. The van der Waals surface area contributed by atoms with Crippen molar-refractivity contribution in [1.82, 2.24) is 19.7 Å². The highest BCUT2D eigenvalue weighted by atomic mass is 16.1. The van der Waals surface area contributed by atoms with Gasteiger partial charge in [0.25, 0.3) is 11.9 Å². The molecule has 0 radical (unpaired) electrons. The molecule has 17 heavy (non-hydrogen) atoms. The van der Waals surface area contributed by atoms with Gasteiger partial charge in [0.2, 0.25) is 0 Å². The first-order valence-corrected chi connectivity index (χ1v) is 4.95. The molecule has 1 amide bonds. The Morgan fingerprint density at radius 2 is 1.88 bits per heavy atom. The first-order valence-electron chi connectivity index (χ1n) is 4.95. The van der Waals surface area contributed by atoms with Gasteiger partial charge in [0, 0.05) is 17.6 Å². The van der Waals surface area contributed by atoms with Crippen molar-refractivity contribution in [3.63, 3.8) is 0 Å². The molecule has 0 spiro atoms. The summed E-state index contributed by atoms with van der Waals surface area (Å²) in [6.45, 7) is 3.69. The number of nitrogens with zero attached hydrogens (tertiary/aromatic N) is 4. The fourth-order valence-electron chi connectivity index (χ4n) is 1.49. The maximum Gasteiger partial charge on any atom is 0.254 e. The van der Waals surface area contributed by atoms with E-state index in [2.05, 4.69) is 15.1 Å². The summed E-state index contributed by atoms with van der Waals surface area (Å²) in [5.41, 5.74) is 12.5. The summed E-state index contributed by atoms with van der Waals surface area (Å²) in [5.74, 6) is -0.194. The Morgan fingerprint density at radius 1 is 1.29 bits per heavy atom. The van der Waals surface area contributed by atoms with Crippen LogP contribution in [0.2, 0.25) is 0 Å². The molecule has 2 aromatic heterocycles. The highest BCUT2D eigenvalue weighted by Crippen LogP contribution is 2.11. The monoisotopic (exact) mass is 232 g/mol. The zero-order valence-corrected chi connectivity index (χ0v) is 9.51. The van der Waals surface area contributed by atoms with Crippen molar-refractivity contribution in [2.75, 3.05) is 5.73 Å². The van der Waals surface area contributed by atoms with Gasteiger partial charge in [-0.15, -0.1) is 5.10 Å². The van der Waals surface area contributed by atoms with Gasteiger partial charge in [-0.1, -0.05) is 0 Å². The molecule has 2 rings (SSSR count). The Labute approximate surface area is 97.5 Å². The Hall–Kier alpha value is -2.44. The van der Waals surface area contributed by atoms with Crippen LogP contribution >= 0.6 is 0 Å². The van der Waals surface area contributed by atoms with Crippen LogP contribution in [0.3, 0.4) is 0 Å². The number of hydrogen-bond donors (Lipinski definition) is 2. The third-order valence-electron chi connectivity index (χ3n) is 2.18. The van der Waals surface area contributed by atoms with E-state index in [4.69, 9.17) is 11.5 Å². The first-order chi connectivity index (χ1) is 7.97. The third-order valence-corrected chi connectivity index (χ3v) is 2.18. The number of primary amides is 1. The summed E-state index contributed by atoms with van der Waals surface area (Å²) in [5, 5.41) is 3.95. The molecule has 7 heteroatoms. The molecule has 88 valence electrons. The molecular formula is C10H12N6O. The molecular weight excluding hydrogens is 220 g/mol. The summed E-state index contributed by atoms with van der Waals surface area (Å²) < 4.78 is 1.34. The molecule has 0 bridgehead atoms. The summed E-state index contributed by atoms with van der Waals surface area (Å²) >= 11 is 0. The first kappa shape index (κ1) is 11.1. The van der Waals surface area contributed by atoms with E-state index in [0.717, 1.165) is 11.4 Å². The molecule has 0 aromatic carbocycles. The van der Waals surface area contributed by atoms with Gasteiger partial charge in [0.05, 0.1) is 0 Å². The number of aromatic nitrogens is 4. The number of nitrogens with two attached hydrogens (primary N) is 2. The molecule has 0 saturated carbocycles. The molecule has 2 heterocycles. The van der Waals surface area contributed by atoms with Crippen molar-refractivity contribution in [2.24, 2.45) is 5.73 Å². The minimum absolute atomic E-state index is 0.0697. The van der Waals surface area contributed by atoms with Crippen LogP contribution in [-0.2, 0) is 0 Å². The summed E-state index contributed by atoms with van der Waals surface area (Å²) in [7, 11) is 0. The van der Waals surface area contributed by atoms with E-state index in [1.165, 1.54) is 10.9 Å².